The van der Waals surface area contributed by atoms with Gasteiger partial charge in [-0.15, -0.1) is 0 Å². The molecule has 0 saturated heterocycles. The predicted molar refractivity (Wildman–Crippen MR) is 141 cm³/mol. The largest absolute Gasteiger partial charge is 0.481 e. The van der Waals surface area contributed by atoms with E-state index < -0.39 is 34.3 Å². The molecule has 1 aliphatic rings. The summed E-state index contributed by atoms with van der Waals surface area (Å²) in [5.41, 5.74) is 1.54. The molecule has 0 fully saturated rings. The maximum atomic E-state index is 14.0. The Bertz CT molecular complexity index is 1490. The average Bonchev–Trinajstić information content (AvgIpc) is 2.89. The highest BCUT2D eigenvalue weighted by Crippen LogP contribution is 2.38. The Morgan fingerprint density at radius 1 is 1.08 bits per heavy atom. The van der Waals surface area contributed by atoms with E-state index in [1.165, 1.54) is 26.4 Å². The summed E-state index contributed by atoms with van der Waals surface area (Å²) in [6.45, 7) is 3.22. The molecule has 0 aliphatic carbocycles. The molecule has 1 unspecified atom stereocenters. The third kappa shape index (κ3) is 5.36. The monoisotopic (exact) mass is 559 g/mol. The molecule has 2 heterocycles. The van der Waals surface area contributed by atoms with Crippen molar-refractivity contribution in [2.75, 3.05) is 23.8 Å². The van der Waals surface area contributed by atoms with Gasteiger partial charge >= 0.3 is 0 Å². The molecule has 0 spiro atoms. The molecule has 200 valence electrons. The molecule has 0 saturated carbocycles. The number of carbonyl (C=O) groups is 2. The lowest BCUT2D eigenvalue weighted by atomic mass is 10.1. The van der Waals surface area contributed by atoms with Gasteiger partial charge in [0.15, 0.2) is 5.82 Å². The Morgan fingerprint density at radius 3 is 2.39 bits per heavy atom. The number of halogens is 1. The van der Waals surface area contributed by atoms with Crippen LogP contribution in [0.15, 0.2) is 47.4 Å². The Kier molecular flexibility index (Phi) is 7.74. The number of rotatable bonds is 8. The van der Waals surface area contributed by atoms with Crippen LogP contribution < -0.4 is 24.4 Å². The number of hydrogen-bond acceptors (Lipinski definition) is 8. The van der Waals surface area contributed by atoms with Crippen LogP contribution >= 0.6 is 11.6 Å². The van der Waals surface area contributed by atoms with E-state index in [2.05, 4.69) is 20.6 Å². The molecular weight excluding hydrogens is 534 g/mol. The maximum absolute atomic E-state index is 14.0. The number of aromatic nitrogens is 2. The zero-order valence-electron chi connectivity index (χ0n) is 21.1. The van der Waals surface area contributed by atoms with Crippen molar-refractivity contribution >= 4 is 44.8 Å². The van der Waals surface area contributed by atoms with Crippen LogP contribution in [-0.2, 0) is 26.2 Å². The average molecular weight is 560 g/mol. The lowest BCUT2D eigenvalue weighted by Crippen LogP contribution is -2.52. The van der Waals surface area contributed by atoms with E-state index in [0.29, 0.717) is 21.8 Å². The third-order valence-electron chi connectivity index (χ3n) is 5.94. The van der Waals surface area contributed by atoms with Gasteiger partial charge in [-0.25, -0.2) is 8.42 Å². The minimum atomic E-state index is -4.28. The van der Waals surface area contributed by atoms with Crippen LogP contribution in [0, 0.1) is 13.8 Å². The van der Waals surface area contributed by atoms with Gasteiger partial charge in [-0.3, -0.25) is 13.9 Å². The van der Waals surface area contributed by atoms with Crippen LogP contribution in [0.25, 0.3) is 0 Å². The highest BCUT2D eigenvalue weighted by Gasteiger charge is 2.42. The number of methoxy groups -OCH3 is 2. The molecule has 2 amide bonds. The summed E-state index contributed by atoms with van der Waals surface area (Å²) in [6.07, 6.45) is -0.452. The Hall–Kier alpha value is -3.90. The molecule has 13 heteroatoms. The summed E-state index contributed by atoms with van der Waals surface area (Å²) in [5, 5.41) is 5.76. The van der Waals surface area contributed by atoms with E-state index in [9.17, 15) is 18.0 Å². The summed E-state index contributed by atoms with van der Waals surface area (Å²) in [4.78, 5) is 34.4. The first kappa shape index (κ1) is 27.1. The molecule has 0 bridgehead atoms. The molecule has 4 rings (SSSR count). The molecule has 1 aliphatic heterocycles. The summed E-state index contributed by atoms with van der Waals surface area (Å²) in [7, 11) is -1.42. The molecule has 2 N–H and O–H groups in total. The van der Waals surface area contributed by atoms with Crippen molar-refractivity contribution in [1.82, 2.24) is 15.3 Å². The second-order valence-electron chi connectivity index (χ2n) is 8.54. The smallest absolute Gasteiger partial charge is 0.265 e. The number of benzene rings is 2. The van der Waals surface area contributed by atoms with Crippen molar-refractivity contribution in [1.29, 1.82) is 0 Å². The summed E-state index contributed by atoms with van der Waals surface area (Å²) < 4.78 is 39.3. The third-order valence-corrected chi connectivity index (χ3v) is 8.32. The van der Waals surface area contributed by atoms with Crippen molar-refractivity contribution < 1.29 is 27.5 Å². The topological polar surface area (TPSA) is 140 Å². The van der Waals surface area contributed by atoms with E-state index in [1.54, 1.807) is 44.2 Å². The van der Waals surface area contributed by atoms with Crippen molar-refractivity contribution in [3.63, 3.8) is 0 Å². The molecular formula is C25H26ClN5O6S. The maximum Gasteiger partial charge on any atom is 0.265 e. The molecule has 2 aromatic carbocycles. The van der Waals surface area contributed by atoms with Crippen molar-refractivity contribution in [2.24, 2.45) is 0 Å². The van der Waals surface area contributed by atoms with Gasteiger partial charge in [-0.2, -0.15) is 9.97 Å². The molecule has 11 nitrogen and oxygen atoms in total. The Morgan fingerprint density at radius 2 is 1.74 bits per heavy atom. The standard InChI is InChI=1S/C25H26ClN5O6S/c1-14-10-20(15(2)9-16(14)26)38(34,35)31-18-8-6-5-7-17(18)28-25(33)19(31)11-22(32)27-13-21-29-23(36-3)12-24(30-21)37-4/h5-10,12,19H,11,13H2,1-4H3,(H,27,32)(H,28,33). The quantitative estimate of drug-likeness (QED) is 0.429. The van der Waals surface area contributed by atoms with E-state index in [1.807, 2.05) is 0 Å². The number of fused-ring (bicyclic) bond motifs is 1. The van der Waals surface area contributed by atoms with Crippen molar-refractivity contribution in [3.8, 4) is 11.8 Å². The highest BCUT2D eigenvalue weighted by atomic mass is 35.5. The Balaban J connectivity index is 1.66. The van der Waals surface area contributed by atoms with Crippen LogP contribution in [0.5, 0.6) is 11.8 Å². The van der Waals surface area contributed by atoms with E-state index in [-0.39, 0.29) is 34.7 Å². The fraction of sp³-hybridized carbons (Fsp3) is 0.280. The van der Waals surface area contributed by atoms with Gasteiger partial charge in [0.05, 0.1) is 49.5 Å². The van der Waals surface area contributed by atoms with Gasteiger partial charge in [0.2, 0.25) is 23.6 Å². The van der Waals surface area contributed by atoms with Crippen LogP contribution in [0.4, 0.5) is 11.4 Å². The van der Waals surface area contributed by atoms with Crippen LogP contribution in [0.3, 0.4) is 0 Å². The first-order chi connectivity index (χ1) is 18.0. The predicted octanol–water partition coefficient (Wildman–Crippen LogP) is 2.99. The van der Waals surface area contributed by atoms with E-state index in [0.717, 1.165) is 4.31 Å². The SMILES string of the molecule is COc1cc(OC)nc(CNC(=O)CC2C(=O)Nc3ccccc3N2S(=O)(=O)c2cc(C)c(Cl)cc2C)n1. The normalized spacial score (nSPS) is 14.9. The van der Waals surface area contributed by atoms with Crippen LogP contribution in [-0.4, -0.2) is 50.5 Å². The van der Waals surface area contributed by atoms with Gasteiger partial charge in [0, 0.05) is 5.02 Å². The second-order valence-corrected chi connectivity index (χ2v) is 10.7. The first-order valence-electron chi connectivity index (χ1n) is 11.5. The van der Waals surface area contributed by atoms with Crippen LogP contribution in [0.2, 0.25) is 5.02 Å². The number of ether oxygens (including phenoxy) is 2. The number of amides is 2. The van der Waals surface area contributed by atoms with Crippen LogP contribution in [0.1, 0.15) is 23.4 Å². The number of sulfonamides is 1. The first-order valence-corrected chi connectivity index (χ1v) is 13.3. The molecule has 3 aromatic rings. The highest BCUT2D eigenvalue weighted by molar-refractivity contribution is 7.93. The van der Waals surface area contributed by atoms with Gasteiger partial charge in [-0.1, -0.05) is 23.7 Å². The van der Waals surface area contributed by atoms with Gasteiger partial charge in [0.25, 0.3) is 10.0 Å². The number of hydrogen-bond donors (Lipinski definition) is 2. The number of carbonyl (C=O) groups excluding carboxylic acids is 2. The fourth-order valence-electron chi connectivity index (χ4n) is 4.04. The van der Waals surface area contributed by atoms with E-state index in [4.69, 9.17) is 21.1 Å². The lowest BCUT2D eigenvalue weighted by molar-refractivity contribution is -0.125. The number of aryl methyl sites for hydroxylation is 2. The van der Waals surface area contributed by atoms with E-state index >= 15 is 0 Å². The number of nitrogens with zero attached hydrogens (tertiary/aromatic N) is 3. The van der Waals surface area contributed by atoms with Gasteiger partial charge in [-0.05, 0) is 49.2 Å². The summed E-state index contributed by atoms with van der Waals surface area (Å²) >= 11 is 6.20. The summed E-state index contributed by atoms with van der Waals surface area (Å²) in [5.74, 6) is -0.514. The molecule has 1 aromatic heterocycles. The number of nitrogens with one attached hydrogen (secondary N) is 2. The zero-order chi connectivity index (χ0) is 27.6. The van der Waals surface area contributed by atoms with Crippen molar-refractivity contribution in [3.05, 3.63) is 64.4 Å². The van der Waals surface area contributed by atoms with Gasteiger partial charge < -0.3 is 20.1 Å². The minimum Gasteiger partial charge on any atom is -0.481 e. The summed E-state index contributed by atoms with van der Waals surface area (Å²) in [6, 6.07) is 9.66. The molecule has 38 heavy (non-hydrogen) atoms. The molecule has 0 radical (unpaired) electrons. The second kappa shape index (κ2) is 10.8. The number of para-hydroxylation sites is 2. The van der Waals surface area contributed by atoms with Gasteiger partial charge in [0.1, 0.15) is 6.04 Å². The lowest BCUT2D eigenvalue weighted by Gasteiger charge is -2.37. The number of anilines is 2. The minimum absolute atomic E-state index is 0.00816. The van der Waals surface area contributed by atoms with Crippen molar-refractivity contribution in [2.45, 2.75) is 37.8 Å². The Labute approximate surface area is 225 Å². The zero-order valence-corrected chi connectivity index (χ0v) is 22.7. The molecule has 1 atom stereocenters. The fourth-order valence-corrected chi connectivity index (χ4v) is 6.18.